The fraction of sp³-hybridized carbons (Fsp3) is 0.0526. The van der Waals surface area contributed by atoms with E-state index < -0.39 is 5.97 Å². The number of para-hydroxylation sites is 1. The van der Waals surface area contributed by atoms with Crippen molar-refractivity contribution in [2.24, 2.45) is 0 Å². The number of pyridine rings is 1. The average Bonchev–Trinajstić information content (AvgIpc) is 3.06. The van der Waals surface area contributed by atoms with Crippen LogP contribution in [0.4, 0.5) is 0 Å². The summed E-state index contributed by atoms with van der Waals surface area (Å²) in [5.41, 5.74) is 2.06. The molecule has 24 heavy (non-hydrogen) atoms. The second-order valence-corrected chi connectivity index (χ2v) is 6.34. The van der Waals surface area contributed by atoms with Gasteiger partial charge in [0, 0.05) is 21.4 Å². The van der Waals surface area contributed by atoms with Crippen LogP contribution in [-0.2, 0) is 11.3 Å². The van der Waals surface area contributed by atoms with Gasteiger partial charge < -0.3 is 9.72 Å². The molecule has 4 nitrogen and oxygen atoms in total. The van der Waals surface area contributed by atoms with Crippen LogP contribution < -0.4 is 0 Å². The maximum Gasteiger partial charge on any atom is 0.355 e. The van der Waals surface area contributed by atoms with Crippen LogP contribution in [0.2, 0.25) is 0 Å². The summed E-state index contributed by atoms with van der Waals surface area (Å²) in [5, 5.41) is 3.20. The Morgan fingerprint density at radius 1 is 1.04 bits per heavy atom. The van der Waals surface area contributed by atoms with Gasteiger partial charge in [-0.25, -0.2) is 9.78 Å². The number of hydrogen-bond donors (Lipinski definition) is 1. The molecule has 0 fully saturated rings. The summed E-state index contributed by atoms with van der Waals surface area (Å²) in [7, 11) is 0. The number of carbonyl (C=O) groups excluding carboxylic acids is 1. The Morgan fingerprint density at radius 3 is 2.50 bits per heavy atom. The van der Waals surface area contributed by atoms with Crippen molar-refractivity contribution in [2.75, 3.05) is 0 Å². The first-order chi connectivity index (χ1) is 11.7. The van der Waals surface area contributed by atoms with E-state index >= 15 is 0 Å². The highest BCUT2D eigenvalue weighted by Crippen LogP contribution is 2.26. The zero-order chi connectivity index (χ0) is 16.5. The number of nitrogens with zero attached hydrogens (tertiary/aromatic N) is 1. The SMILES string of the molecule is O=C(OCc1nc2ccccc2c2ccccc12)c1cc(Br)c[nH]1. The number of halogens is 1. The van der Waals surface area contributed by atoms with Gasteiger partial charge in [-0.15, -0.1) is 0 Å². The largest absolute Gasteiger partial charge is 0.454 e. The molecule has 0 saturated heterocycles. The molecule has 4 rings (SSSR count). The van der Waals surface area contributed by atoms with Gasteiger partial charge in [-0.3, -0.25) is 0 Å². The highest BCUT2D eigenvalue weighted by Gasteiger charge is 2.13. The molecular formula is C19H13BrN2O2. The normalized spacial score (nSPS) is 11.0. The van der Waals surface area contributed by atoms with Crippen LogP contribution in [-0.4, -0.2) is 15.9 Å². The molecule has 0 radical (unpaired) electrons. The van der Waals surface area contributed by atoms with Gasteiger partial charge in [-0.2, -0.15) is 0 Å². The van der Waals surface area contributed by atoms with E-state index in [4.69, 9.17) is 4.74 Å². The van der Waals surface area contributed by atoms with E-state index in [1.807, 2.05) is 36.4 Å². The minimum Gasteiger partial charge on any atom is -0.454 e. The number of carbonyl (C=O) groups is 1. The van der Waals surface area contributed by atoms with Crippen LogP contribution in [0.15, 0.2) is 65.3 Å². The molecule has 0 aliphatic rings. The third-order valence-corrected chi connectivity index (χ3v) is 4.35. The lowest BCUT2D eigenvalue weighted by molar-refractivity contribution is 0.0464. The van der Waals surface area contributed by atoms with Crippen molar-refractivity contribution in [3.63, 3.8) is 0 Å². The number of rotatable bonds is 3. The number of H-pyrrole nitrogens is 1. The molecule has 2 aromatic carbocycles. The Balaban J connectivity index is 1.71. The fourth-order valence-electron chi connectivity index (χ4n) is 2.78. The highest BCUT2D eigenvalue weighted by molar-refractivity contribution is 9.10. The maximum absolute atomic E-state index is 12.1. The van der Waals surface area contributed by atoms with Gasteiger partial charge in [0.25, 0.3) is 0 Å². The number of benzene rings is 2. The second kappa shape index (κ2) is 6.09. The third-order valence-electron chi connectivity index (χ3n) is 3.90. The summed E-state index contributed by atoms with van der Waals surface area (Å²) in [6.07, 6.45) is 1.69. The number of aromatic amines is 1. The van der Waals surface area contributed by atoms with Crippen molar-refractivity contribution < 1.29 is 9.53 Å². The topological polar surface area (TPSA) is 55.0 Å². The molecule has 1 N–H and O–H groups in total. The molecule has 5 heteroatoms. The predicted octanol–water partition coefficient (Wildman–Crippen LogP) is 4.84. The van der Waals surface area contributed by atoms with Crippen LogP contribution in [0.1, 0.15) is 16.2 Å². The molecule has 0 aliphatic carbocycles. The third kappa shape index (κ3) is 2.67. The zero-order valence-electron chi connectivity index (χ0n) is 12.6. The van der Waals surface area contributed by atoms with Gasteiger partial charge in [0.15, 0.2) is 0 Å². The van der Waals surface area contributed by atoms with Crippen LogP contribution in [0, 0.1) is 0 Å². The maximum atomic E-state index is 12.1. The Kier molecular flexibility index (Phi) is 3.78. The summed E-state index contributed by atoms with van der Waals surface area (Å²) in [4.78, 5) is 19.7. The van der Waals surface area contributed by atoms with E-state index in [0.29, 0.717) is 5.69 Å². The number of nitrogens with one attached hydrogen (secondary N) is 1. The molecule has 118 valence electrons. The Bertz CT molecular complexity index is 1060. The van der Waals surface area contributed by atoms with Gasteiger partial charge >= 0.3 is 5.97 Å². The van der Waals surface area contributed by atoms with E-state index in [-0.39, 0.29) is 6.61 Å². The van der Waals surface area contributed by atoms with E-state index in [1.54, 1.807) is 12.3 Å². The van der Waals surface area contributed by atoms with Crippen LogP contribution >= 0.6 is 15.9 Å². The zero-order valence-corrected chi connectivity index (χ0v) is 14.2. The van der Waals surface area contributed by atoms with Gasteiger partial charge in [-0.1, -0.05) is 42.5 Å². The smallest absolute Gasteiger partial charge is 0.355 e. The summed E-state index contributed by atoms with van der Waals surface area (Å²) < 4.78 is 6.24. The monoisotopic (exact) mass is 380 g/mol. The predicted molar refractivity (Wildman–Crippen MR) is 96.9 cm³/mol. The van der Waals surface area contributed by atoms with Crippen LogP contribution in [0.3, 0.4) is 0 Å². The molecule has 2 heterocycles. The minimum atomic E-state index is -0.403. The summed E-state index contributed by atoms with van der Waals surface area (Å²) in [6.45, 7) is 0.126. The molecular weight excluding hydrogens is 368 g/mol. The molecule has 2 aromatic heterocycles. The first-order valence-electron chi connectivity index (χ1n) is 7.50. The lowest BCUT2D eigenvalue weighted by Crippen LogP contribution is -2.07. The average molecular weight is 381 g/mol. The molecule has 0 amide bonds. The Hall–Kier alpha value is -2.66. The van der Waals surface area contributed by atoms with E-state index in [9.17, 15) is 4.79 Å². The van der Waals surface area contributed by atoms with Crippen LogP contribution in [0.25, 0.3) is 21.7 Å². The lowest BCUT2D eigenvalue weighted by atomic mass is 10.0. The molecule has 0 aliphatic heterocycles. The first-order valence-corrected chi connectivity index (χ1v) is 8.29. The minimum absolute atomic E-state index is 0.126. The quantitative estimate of drug-likeness (QED) is 0.408. The molecule has 4 aromatic rings. The molecule has 0 saturated carbocycles. The molecule has 0 unspecified atom stereocenters. The number of esters is 1. The van der Waals surface area contributed by atoms with Crippen molar-refractivity contribution in [1.82, 2.24) is 9.97 Å². The number of fused-ring (bicyclic) bond motifs is 3. The van der Waals surface area contributed by atoms with Gasteiger partial charge in [0.2, 0.25) is 0 Å². The Labute approximate surface area is 146 Å². The highest BCUT2D eigenvalue weighted by atomic mass is 79.9. The van der Waals surface area contributed by atoms with Gasteiger partial charge in [0.1, 0.15) is 12.3 Å². The lowest BCUT2D eigenvalue weighted by Gasteiger charge is -2.10. The molecule has 0 bridgehead atoms. The van der Waals surface area contributed by atoms with Crippen molar-refractivity contribution in [3.05, 3.63) is 76.7 Å². The van der Waals surface area contributed by atoms with Crippen LogP contribution in [0.5, 0.6) is 0 Å². The van der Waals surface area contributed by atoms with E-state index in [0.717, 1.165) is 31.8 Å². The Morgan fingerprint density at radius 2 is 1.75 bits per heavy atom. The van der Waals surface area contributed by atoms with Crippen molar-refractivity contribution >= 4 is 43.6 Å². The van der Waals surface area contributed by atoms with Gasteiger partial charge in [0.05, 0.1) is 11.2 Å². The number of ether oxygens (including phenoxy) is 1. The molecule has 0 spiro atoms. The standard InChI is InChI=1S/C19H13BrN2O2/c20-12-9-17(21-10-12)19(23)24-11-18-15-7-2-1-5-13(15)14-6-3-4-8-16(14)22-18/h1-10,21H,11H2. The summed E-state index contributed by atoms with van der Waals surface area (Å²) in [5.74, 6) is -0.403. The second-order valence-electron chi connectivity index (χ2n) is 5.43. The van der Waals surface area contributed by atoms with Crippen molar-refractivity contribution in [2.45, 2.75) is 6.61 Å². The summed E-state index contributed by atoms with van der Waals surface area (Å²) >= 11 is 3.30. The van der Waals surface area contributed by atoms with Gasteiger partial charge in [-0.05, 0) is 33.4 Å². The molecule has 0 atom stereocenters. The van der Waals surface area contributed by atoms with Crippen molar-refractivity contribution in [3.8, 4) is 0 Å². The van der Waals surface area contributed by atoms with E-state index in [2.05, 4.69) is 38.0 Å². The number of hydrogen-bond acceptors (Lipinski definition) is 3. The van der Waals surface area contributed by atoms with E-state index in [1.165, 1.54) is 0 Å². The number of aromatic nitrogens is 2. The summed E-state index contributed by atoms with van der Waals surface area (Å²) in [6, 6.07) is 17.7. The van der Waals surface area contributed by atoms with Crippen molar-refractivity contribution in [1.29, 1.82) is 0 Å². The first kappa shape index (κ1) is 14.9. The fourth-order valence-corrected chi connectivity index (χ4v) is 3.12.